The molecule has 2 aromatic rings. The zero-order valence-corrected chi connectivity index (χ0v) is 9.64. The molecule has 1 heterocycles. The third-order valence-electron chi connectivity index (χ3n) is 2.40. The van der Waals surface area contributed by atoms with Crippen LogP contribution in [0.25, 0.3) is 11.0 Å². The van der Waals surface area contributed by atoms with Crippen LogP contribution in [0.4, 0.5) is 5.95 Å². The summed E-state index contributed by atoms with van der Waals surface area (Å²) in [5.74, 6) is 0.824. The van der Waals surface area contributed by atoms with Gasteiger partial charge in [0.15, 0.2) is 0 Å². The SMILES string of the molecule is CC(C)Nc1nc2ccccc2n1CCO. The maximum absolute atomic E-state index is 9.08. The Balaban J connectivity index is 2.49. The van der Waals surface area contributed by atoms with Crippen LogP contribution in [-0.2, 0) is 6.54 Å². The largest absolute Gasteiger partial charge is 0.395 e. The maximum Gasteiger partial charge on any atom is 0.204 e. The highest BCUT2D eigenvalue weighted by Gasteiger charge is 2.09. The Labute approximate surface area is 94.9 Å². The first-order valence-electron chi connectivity index (χ1n) is 5.55. The first kappa shape index (κ1) is 11.0. The highest BCUT2D eigenvalue weighted by molar-refractivity contribution is 5.78. The molecule has 0 radical (unpaired) electrons. The van der Waals surface area contributed by atoms with Gasteiger partial charge in [-0.05, 0) is 26.0 Å². The van der Waals surface area contributed by atoms with Gasteiger partial charge in [0.2, 0.25) is 5.95 Å². The molecule has 86 valence electrons. The van der Waals surface area contributed by atoms with Gasteiger partial charge in [-0.15, -0.1) is 0 Å². The van der Waals surface area contributed by atoms with Crippen LogP contribution in [0.3, 0.4) is 0 Å². The molecule has 0 aliphatic carbocycles. The topological polar surface area (TPSA) is 50.1 Å². The van der Waals surface area contributed by atoms with E-state index in [-0.39, 0.29) is 6.61 Å². The second-order valence-corrected chi connectivity index (χ2v) is 4.10. The third-order valence-corrected chi connectivity index (χ3v) is 2.40. The van der Waals surface area contributed by atoms with Crippen molar-refractivity contribution in [3.8, 4) is 0 Å². The Morgan fingerprint density at radius 3 is 2.81 bits per heavy atom. The van der Waals surface area contributed by atoms with Gasteiger partial charge in [0, 0.05) is 12.6 Å². The van der Waals surface area contributed by atoms with Crippen LogP contribution in [-0.4, -0.2) is 27.3 Å². The molecule has 2 N–H and O–H groups in total. The minimum atomic E-state index is 0.118. The van der Waals surface area contributed by atoms with E-state index in [1.165, 1.54) is 0 Å². The predicted octanol–water partition coefficient (Wildman–Crippen LogP) is 1.85. The van der Waals surface area contributed by atoms with Crippen LogP contribution in [0, 0.1) is 0 Å². The second-order valence-electron chi connectivity index (χ2n) is 4.10. The fourth-order valence-corrected chi connectivity index (χ4v) is 1.77. The Kier molecular flexibility index (Phi) is 3.10. The number of hydrogen-bond donors (Lipinski definition) is 2. The summed E-state index contributed by atoms with van der Waals surface area (Å²) in [6.07, 6.45) is 0. The fourth-order valence-electron chi connectivity index (χ4n) is 1.77. The van der Waals surface area contributed by atoms with Crippen molar-refractivity contribution in [2.45, 2.75) is 26.4 Å². The van der Waals surface area contributed by atoms with E-state index in [1.54, 1.807) is 0 Å². The number of nitrogens with zero attached hydrogens (tertiary/aromatic N) is 2. The van der Waals surface area contributed by atoms with Gasteiger partial charge in [0.05, 0.1) is 17.6 Å². The number of fused-ring (bicyclic) bond motifs is 1. The highest BCUT2D eigenvalue weighted by Crippen LogP contribution is 2.19. The summed E-state index contributed by atoms with van der Waals surface area (Å²) >= 11 is 0. The molecule has 2 rings (SSSR count). The lowest BCUT2D eigenvalue weighted by molar-refractivity contribution is 0.278. The van der Waals surface area contributed by atoms with E-state index in [1.807, 2.05) is 28.8 Å². The van der Waals surface area contributed by atoms with Gasteiger partial charge >= 0.3 is 0 Å². The molecule has 0 amide bonds. The minimum absolute atomic E-state index is 0.118. The predicted molar refractivity (Wildman–Crippen MR) is 65.6 cm³/mol. The van der Waals surface area contributed by atoms with Crippen molar-refractivity contribution in [1.29, 1.82) is 0 Å². The smallest absolute Gasteiger partial charge is 0.204 e. The zero-order chi connectivity index (χ0) is 11.5. The Bertz CT molecular complexity index is 476. The number of benzene rings is 1. The number of aromatic nitrogens is 2. The Hall–Kier alpha value is -1.55. The number of para-hydroxylation sites is 2. The van der Waals surface area contributed by atoms with Gasteiger partial charge in [-0.25, -0.2) is 4.98 Å². The van der Waals surface area contributed by atoms with Crippen LogP contribution in [0.2, 0.25) is 0 Å². The molecule has 16 heavy (non-hydrogen) atoms. The number of anilines is 1. The number of nitrogens with one attached hydrogen (secondary N) is 1. The van der Waals surface area contributed by atoms with E-state index in [9.17, 15) is 0 Å². The van der Waals surface area contributed by atoms with Crippen LogP contribution >= 0.6 is 0 Å². The highest BCUT2D eigenvalue weighted by atomic mass is 16.3. The van der Waals surface area contributed by atoms with Crippen LogP contribution in [0.1, 0.15) is 13.8 Å². The standard InChI is InChI=1S/C12H17N3O/c1-9(2)13-12-14-10-5-3-4-6-11(10)15(12)7-8-16/h3-6,9,16H,7-8H2,1-2H3,(H,13,14). The zero-order valence-electron chi connectivity index (χ0n) is 9.64. The van der Waals surface area contributed by atoms with Crippen molar-refractivity contribution >= 4 is 17.0 Å². The second kappa shape index (κ2) is 4.53. The summed E-state index contributed by atoms with van der Waals surface area (Å²) in [6.45, 7) is 4.83. The summed E-state index contributed by atoms with van der Waals surface area (Å²) in [5, 5.41) is 12.4. The van der Waals surface area contributed by atoms with Crippen molar-refractivity contribution in [2.75, 3.05) is 11.9 Å². The molecule has 0 aliphatic rings. The van der Waals surface area contributed by atoms with E-state index < -0.39 is 0 Å². The Morgan fingerprint density at radius 2 is 2.12 bits per heavy atom. The van der Waals surface area contributed by atoms with Gasteiger partial charge in [0.1, 0.15) is 0 Å². The average Bonchev–Trinajstić information content (AvgIpc) is 2.57. The molecule has 4 nitrogen and oxygen atoms in total. The number of hydrogen-bond acceptors (Lipinski definition) is 3. The Morgan fingerprint density at radius 1 is 1.38 bits per heavy atom. The summed E-state index contributed by atoms with van der Waals surface area (Å²) in [7, 11) is 0. The average molecular weight is 219 g/mol. The monoisotopic (exact) mass is 219 g/mol. The molecule has 1 aromatic heterocycles. The molecule has 4 heteroatoms. The van der Waals surface area contributed by atoms with Gasteiger partial charge in [0.25, 0.3) is 0 Å². The normalized spacial score (nSPS) is 11.2. The van der Waals surface area contributed by atoms with Crippen LogP contribution in [0.5, 0.6) is 0 Å². The number of aliphatic hydroxyl groups is 1. The van der Waals surface area contributed by atoms with Gasteiger partial charge < -0.3 is 15.0 Å². The van der Waals surface area contributed by atoms with Crippen LogP contribution < -0.4 is 5.32 Å². The molecular weight excluding hydrogens is 202 g/mol. The number of imidazole rings is 1. The van der Waals surface area contributed by atoms with E-state index in [4.69, 9.17) is 5.11 Å². The van der Waals surface area contributed by atoms with Crippen molar-refractivity contribution in [3.05, 3.63) is 24.3 Å². The maximum atomic E-state index is 9.08. The van der Waals surface area contributed by atoms with Crippen molar-refractivity contribution in [2.24, 2.45) is 0 Å². The lowest BCUT2D eigenvalue weighted by atomic mass is 10.3. The third kappa shape index (κ3) is 2.02. The molecule has 0 fully saturated rings. The molecular formula is C12H17N3O. The molecule has 0 bridgehead atoms. The molecule has 0 unspecified atom stereocenters. The summed E-state index contributed by atoms with van der Waals surface area (Å²) in [4.78, 5) is 4.51. The first-order valence-corrected chi connectivity index (χ1v) is 5.55. The molecule has 0 atom stereocenters. The summed E-state index contributed by atoms with van der Waals surface area (Å²) in [6, 6.07) is 8.28. The van der Waals surface area contributed by atoms with Gasteiger partial charge in [-0.1, -0.05) is 12.1 Å². The number of rotatable bonds is 4. The molecule has 0 saturated carbocycles. The van der Waals surface area contributed by atoms with E-state index in [0.717, 1.165) is 17.0 Å². The molecule has 0 spiro atoms. The molecule has 0 saturated heterocycles. The minimum Gasteiger partial charge on any atom is -0.395 e. The van der Waals surface area contributed by atoms with Crippen molar-refractivity contribution in [3.63, 3.8) is 0 Å². The van der Waals surface area contributed by atoms with Crippen LogP contribution in [0.15, 0.2) is 24.3 Å². The quantitative estimate of drug-likeness (QED) is 0.825. The fraction of sp³-hybridized carbons (Fsp3) is 0.417. The first-order chi connectivity index (χ1) is 7.72. The summed E-state index contributed by atoms with van der Waals surface area (Å²) < 4.78 is 2.01. The summed E-state index contributed by atoms with van der Waals surface area (Å²) in [5.41, 5.74) is 2.01. The van der Waals surface area contributed by atoms with E-state index >= 15 is 0 Å². The van der Waals surface area contributed by atoms with E-state index in [0.29, 0.717) is 12.6 Å². The van der Waals surface area contributed by atoms with Crippen molar-refractivity contribution in [1.82, 2.24) is 9.55 Å². The molecule has 1 aromatic carbocycles. The van der Waals surface area contributed by atoms with Gasteiger partial charge in [-0.2, -0.15) is 0 Å². The number of aliphatic hydroxyl groups excluding tert-OH is 1. The van der Waals surface area contributed by atoms with Crippen molar-refractivity contribution < 1.29 is 5.11 Å². The van der Waals surface area contributed by atoms with E-state index in [2.05, 4.69) is 24.1 Å². The lowest BCUT2D eigenvalue weighted by Gasteiger charge is -2.11. The molecule has 0 aliphatic heterocycles. The van der Waals surface area contributed by atoms with Gasteiger partial charge in [-0.3, -0.25) is 0 Å². The lowest BCUT2D eigenvalue weighted by Crippen LogP contribution is -2.15.